The average Bonchev–Trinajstić information content (AvgIpc) is 2.86. The molecule has 0 radical (unpaired) electrons. The zero-order valence-electron chi connectivity index (χ0n) is 12.3. The molecular weight excluding hydrogens is 262 g/mol. The molecule has 2 rings (SSSR count). The van der Waals surface area contributed by atoms with Crippen molar-refractivity contribution in [2.75, 3.05) is 20.2 Å². The van der Waals surface area contributed by atoms with Gasteiger partial charge in [-0.15, -0.1) is 0 Å². The summed E-state index contributed by atoms with van der Waals surface area (Å²) in [6.45, 7) is 8.87. The molecule has 108 valence electrons. The zero-order chi connectivity index (χ0) is 14.0. The quantitative estimate of drug-likeness (QED) is 0.903. The van der Waals surface area contributed by atoms with E-state index >= 15 is 0 Å². The fourth-order valence-electron chi connectivity index (χ4n) is 3.07. The molecule has 2 unspecified atom stereocenters. The van der Waals surface area contributed by atoms with Crippen molar-refractivity contribution in [2.24, 2.45) is 5.41 Å². The van der Waals surface area contributed by atoms with Gasteiger partial charge in [0.2, 0.25) is 0 Å². The normalized spacial score (nSPS) is 27.1. The number of aromatic nitrogens is 2. The second kappa shape index (κ2) is 5.81. The smallest absolute Gasteiger partial charge is 0.0847 e. The molecule has 0 bridgehead atoms. The predicted molar refractivity (Wildman–Crippen MR) is 77.7 cm³/mol. The number of ether oxygens (including phenoxy) is 1. The Balaban J connectivity index is 2.32. The summed E-state index contributed by atoms with van der Waals surface area (Å²) in [7, 11) is 2.00. The van der Waals surface area contributed by atoms with Crippen LogP contribution >= 0.6 is 11.6 Å². The number of hydrogen-bond donors (Lipinski definition) is 1. The van der Waals surface area contributed by atoms with E-state index in [1.54, 1.807) is 0 Å². The molecule has 2 heterocycles. The third-order valence-electron chi connectivity index (χ3n) is 4.33. The third kappa shape index (κ3) is 2.67. The lowest BCUT2D eigenvalue weighted by molar-refractivity contribution is 0.0630. The van der Waals surface area contributed by atoms with Gasteiger partial charge in [0.25, 0.3) is 0 Å². The first kappa shape index (κ1) is 14.8. The van der Waals surface area contributed by atoms with Gasteiger partial charge < -0.3 is 10.1 Å². The topological polar surface area (TPSA) is 39.1 Å². The summed E-state index contributed by atoms with van der Waals surface area (Å²) in [5.41, 5.74) is 2.19. The summed E-state index contributed by atoms with van der Waals surface area (Å²) in [5, 5.41) is 8.64. The van der Waals surface area contributed by atoms with E-state index in [1.807, 2.05) is 18.7 Å². The molecule has 19 heavy (non-hydrogen) atoms. The molecular formula is C14H24ClN3O. The molecule has 2 atom stereocenters. The van der Waals surface area contributed by atoms with E-state index in [-0.39, 0.29) is 11.5 Å². The minimum Gasteiger partial charge on any atom is -0.378 e. The highest BCUT2D eigenvalue weighted by Crippen LogP contribution is 2.39. The lowest BCUT2D eigenvalue weighted by Crippen LogP contribution is -2.40. The van der Waals surface area contributed by atoms with Gasteiger partial charge in [0, 0.05) is 31.5 Å². The van der Waals surface area contributed by atoms with Gasteiger partial charge in [0.15, 0.2) is 0 Å². The lowest BCUT2D eigenvalue weighted by atomic mass is 9.77. The third-order valence-corrected chi connectivity index (χ3v) is 4.82. The summed E-state index contributed by atoms with van der Waals surface area (Å²) in [6, 6.07) is 0. The van der Waals surface area contributed by atoms with Crippen LogP contribution in [0.4, 0.5) is 0 Å². The SMILES string of the molecule is CCn1nc(C)c(Cl)c1CC1(CNC)CCOC1C. The van der Waals surface area contributed by atoms with Gasteiger partial charge in [0.05, 0.1) is 22.5 Å². The van der Waals surface area contributed by atoms with Crippen LogP contribution in [0, 0.1) is 12.3 Å². The molecule has 1 aliphatic rings. The Morgan fingerprint density at radius 1 is 1.58 bits per heavy atom. The molecule has 1 saturated heterocycles. The van der Waals surface area contributed by atoms with Crippen molar-refractivity contribution in [1.82, 2.24) is 15.1 Å². The maximum absolute atomic E-state index is 6.44. The molecule has 0 spiro atoms. The van der Waals surface area contributed by atoms with Crippen LogP contribution < -0.4 is 5.32 Å². The largest absolute Gasteiger partial charge is 0.378 e. The number of halogens is 1. The minimum absolute atomic E-state index is 0.123. The van der Waals surface area contributed by atoms with Crippen molar-refractivity contribution in [1.29, 1.82) is 0 Å². The fraction of sp³-hybridized carbons (Fsp3) is 0.786. The molecule has 0 aromatic carbocycles. The van der Waals surface area contributed by atoms with E-state index in [4.69, 9.17) is 16.3 Å². The van der Waals surface area contributed by atoms with E-state index in [9.17, 15) is 0 Å². The van der Waals surface area contributed by atoms with Crippen LogP contribution in [-0.2, 0) is 17.7 Å². The van der Waals surface area contributed by atoms with Crippen molar-refractivity contribution in [3.05, 3.63) is 16.4 Å². The highest BCUT2D eigenvalue weighted by molar-refractivity contribution is 6.31. The van der Waals surface area contributed by atoms with Crippen LogP contribution in [0.5, 0.6) is 0 Å². The number of nitrogens with one attached hydrogen (secondary N) is 1. The van der Waals surface area contributed by atoms with E-state index in [1.165, 1.54) is 0 Å². The van der Waals surface area contributed by atoms with Gasteiger partial charge in [-0.1, -0.05) is 11.6 Å². The molecule has 1 aliphatic heterocycles. The number of aryl methyl sites for hydroxylation is 2. The lowest BCUT2D eigenvalue weighted by Gasteiger charge is -2.32. The van der Waals surface area contributed by atoms with Crippen LogP contribution in [0.2, 0.25) is 5.02 Å². The Morgan fingerprint density at radius 2 is 2.32 bits per heavy atom. The van der Waals surface area contributed by atoms with Crippen LogP contribution in [0.1, 0.15) is 31.7 Å². The monoisotopic (exact) mass is 285 g/mol. The Labute approximate surface area is 120 Å². The van der Waals surface area contributed by atoms with Crippen molar-refractivity contribution in [3.8, 4) is 0 Å². The first-order chi connectivity index (χ1) is 9.04. The van der Waals surface area contributed by atoms with Gasteiger partial charge >= 0.3 is 0 Å². The summed E-state index contributed by atoms with van der Waals surface area (Å²) < 4.78 is 7.83. The number of hydrogen-bond acceptors (Lipinski definition) is 3. The second-order valence-electron chi connectivity index (χ2n) is 5.49. The second-order valence-corrected chi connectivity index (χ2v) is 5.87. The minimum atomic E-state index is 0.123. The molecule has 5 heteroatoms. The van der Waals surface area contributed by atoms with Crippen LogP contribution in [-0.4, -0.2) is 36.1 Å². The zero-order valence-corrected chi connectivity index (χ0v) is 13.0. The average molecular weight is 286 g/mol. The number of nitrogens with zero attached hydrogens (tertiary/aromatic N) is 2. The Morgan fingerprint density at radius 3 is 2.84 bits per heavy atom. The molecule has 0 aliphatic carbocycles. The van der Waals surface area contributed by atoms with Crippen molar-refractivity contribution < 1.29 is 4.74 Å². The van der Waals surface area contributed by atoms with Gasteiger partial charge in [-0.25, -0.2) is 0 Å². The molecule has 0 saturated carbocycles. The van der Waals surface area contributed by atoms with Crippen molar-refractivity contribution >= 4 is 11.6 Å². The van der Waals surface area contributed by atoms with Crippen molar-refractivity contribution in [2.45, 2.75) is 46.3 Å². The Kier molecular flexibility index (Phi) is 4.54. The summed E-state index contributed by atoms with van der Waals surface area (Å²) in [4.78, 5) is 0. The van der Waals surface area contributed by atoms with Crippen LogP contribution in [0.15, 0.2) is 0 Å². The molecule has 0 amide bonds. The van der Waals surface area contributed by atoms with E-state index < -0.39 is 0 Å². The summed E-state index contributed by atoms with van der Waals surface area (Å²) in [5.74, 6) is 0. The van der Waals surface area contributed by atoms with Crippen LogP contribution in [0.3, 0.4) is 0 Å². The molecule has 1 N–H and O–H groups in total. The highest BCUT2D eigenvalue weighted by Gasteiger charge is 2.42. The number of rotatable bonds is 5. The molecule has 1 aromatic heterocycles. The fourth-order valence-corrected chi connectivity index (χ4v) is 3.27. The molecule has 1 fully saturated rings. The Bertz CT molecular complexity index is 446. The summed E-state index contributed by atoms with van der Waals surface area (Å²) >= 11 is 6.44. The maximum Gasteiger partial charge on any atom is 0.0847 e. The molecule has 1 aromatic rings. The van der Waals surface area contributed by atoms with Gasteiger partial charge in [-0.3, -0.25) is 4.68 Å². The standard InChI is InChI=1S/C14H24ClN3O/c1-5-18-12(13(15)10(2)17-18)8-14(9-16-4)6-7-19-11(14)3/h11,16H,5-9H2,1-4H3. The molecule has 4 nitrogen and oxygen atoms in total. The summed E-state index contributed by atoms with van der Waals surface area (Å²) in [6.07, 6.45) is 2.23. The van der Waals surface area contributed by atoms with Crippen LogP contribution in [0.25, 0.3) is 0 Å². The highest BCUT2D eigenvalue weighted by atomic mass is 35.5. The van der Waals surface area contributed by atoms with E-state index in [0.29, 0.717) is 0 Å². The van der Waals surface area contributed by atoms with E-state index in [0.717, 1.165) is 48.9 Å². The van der Waals surface area contributed by atoms with Crippen molar-refractivity contribution in [3.63, 3.8) is 0 Å². The predicted octanol–water partition coefficient (Wildman–Crippen LogP) is 2.42. The van der Waals surface area contributed by atoms with E-state index in [2.05, 4.69) is 24.3 Å². The van der Waals surface area contributed by atoms with Gasteiger partial charge in [-0.2, -0.15) is 5.10 Å². The maximum atomic E-state index is 6.44. The first-order valence-electron chi connectivity index (χ1n) is 7.02. The first-order valence-corrected chi connectivity index (χ1v) is 7.40. The van der Waals surface area contributed by atoms with Gasteiger partial charge in [-0.05, 0) is 34.2 Å². The Hall–Kier alpha value is -0.580. The van der Waals surface area contributed by atoms with Gasteiger partial charge in [0.1, 0.15) is 0 Å².